The lowest BCUT2D eigenvalue weighted by Crippen LogP contribution is -2.20. The van der Waals surface area contributed by atoms with Crippen LogP contribution in [0.4, 0.5) is 5.69 Å². The van der Waals surface area contributed by atoms with Crippen molar-refractivity contribution in [1.82, 2.24) is 0 Å². The molecular formula is C15H13Cl2N3O2. The van der Waals surface area contributed by atoms with Gasteiger partial charge in [-0.15, -0.1) is 0 Å². The van der Waals surface area contributed by atoms with Gasteiger partial charge >= 0.3 is 5.97 Å². The molecule has 1 atom stereocenters. The third kappa shape index (κ3) is 3.69. The van der Waals surface area contributed by atoms with Crippen molar-refractivity contribution in [2.24, 2.45) is 5.73 Å². The first-order valence-corrected chi connectivity index (χ1v) is 7.03. The quantitative estimate of drug-likeness (QED) is 0.495. The highest BCUT2D eigenvalue weighted by Crippen LogP contribution is 2.27. The Morgan fingerprint density at radius 1 is 1.14 bits per heavy atom. The van der Waals surface area contributed by atoms with Crippen LogP contribution in [0.2, 0.25) is 10.0 Å². The molecule has 1 unspecified atom stereocenters. The highest BCUT2D eigenvalue weighted by atomic mass is 35.5. The van der Waals surface area contributed by atoms with E-state index in [1.165, 1.54) is 6.07 Å². The van der Waals surface area contributed by atoms with Gasteiger partial charge in [-0.25, -0.2) is 4.79 Å². The molecule has 0 spiro atoms. The highest BCUT2D eigenvalue weighted by molar-refractivity contribution is 6.42. The van der Waals surface area contributed by atoms with Gasteiger partial charge in [0.2, 0.25) is 0 Å². The van der Waals surface area contributed by atoms with E-state index in [0.717, 1.165) is 0 Å². The Morgan fingerprint density at radius 2 is 1.77 bits per heavy atom. The van der Waals surface area contributed by atoms with E-state index in [4.69, 9.17) is 34.3 Å². The van der Waals surface area contributed by atoms with E-state index in [0.29, 0.717) is 26.9 Å². The highest BCUT2D eigenvalue weighted by Gasteiger charge is 2.20. The van der Waals surface area contributed by atoms with Gasteiger partial charge in [0, 0.05) is 11.3 Å². The number of aliphatic carboxylic acids is 1. The van der Waals surface area contributed by atoms with Crippen LogP contribution in [0.15, 0.2) is 42.5 Å². The number of rotatable bonds is 5. The Hall–Kier alpha value is -2.24. The Morgan fingerprint density at radius 3 is 2.27 bits per heavy atom. The number of carboxylic acids is 1. The van der Waals surface area contributed by atoms with Crippen molar-refractivity contribution in [3.05, 3.63) is 63.6 Å². The van der Waals surface area contributed by atoms with Crippen molar-refractivity contribution in [3.8, 4) is 0 Å². The van der Waals surface area contributed by atoms with Crippen molar-refractivity contribution in [2.75, 3.05) is 5.32 Å². The maximum atomic E-state index is 11.5. The summed E-state index contributed by atoms with van der Waals surface area (Å²) in [6.07, 6.45) is 0. The van der Waals surface area contributed by atoms with E-state index < -0.39 is 12.0 Å². The van der Waals surface area contributed by atoms with Crippen molar-refractivity contribution in [3.63, 3.8) is 0 Å². The van der Waals surface area contributed by atoms with Crippen LogP contribution in [0.25, 0.3) is 0 Å². The maximum absolute atomic E-state index is 11.5. The largest absolute Gasteiger partial charge is 0.479 e. The predicted octanol–water partition coefficient (Wildman–Crippen LogP) is 3.52. The summed E-state index contributed by atoms with van der Waals surface area (Å²) in [6, 6.07) is 10.3. The zero-order chi connectivity index (χ0) is 16.3. The Labute approximate surface area is 137 Å². The minimum atomic E-state index is -1.05. The van der Waals surface area contributed by atoms with Gasteiger partial charge in [-0.2, -0.15) is 0 Å². The van der Waals surface area contributed by atoms with Gasteiger partial charge in [-0.1, -0.05) is 29.3 Å². The van der Waals surface area contributed by atoms with Gasteiger partial charge in [0.1, 0.15) is 5.84 Å². The summed E-state index contributed by atoms with van der Waals surface area (Å²) in [6.45, 7) is 0. The molecule has 5 nitrogen and oxygen atoms in total. The van der Waals surface area contributed by atoms with Gasteiger partial charge in [0.25, 0.3) is 0 Å². The first-order chi connectivity index (χ1) is 10.4. The van der Waals surface area contributed by atoms with Crippen molar-refractivity contribution in [2.45, 2.75) is 6.04 Å². The number of carboxylic acid groups (broad SMARTS) is 1. The van der Waals surface area contributed by atoms with E-state index in [1.807, 2.05) is 0 Å². The average molecular weight is 338 g/mol. The molecule has 0 saturated heterocycles. The topological polar surface area (TPSA) is 99.2 Å². The molecule has 0 saturated carbocycles. The molecule has 0 fully saturated rings. The summed E-state index contributed by atoms with van der Waals surface area (Å²) < 4.78 is 0. The summed E-state index contributed by atoms with van der Waals surface area (Å²) in [4.78, 5) is 11.5. The van der Waals surface area contributed by atoms with Gasteiger partial charge in [-0.05, 0) is 42.0 Å². The monoisotopic (exact) mass is 337 g/mol. The number of anilines is 1. The average Bonchev–Trinajstić information content (AvgIpc) is 2.48. The molecular weight excluding hydrogens is 325 g/mol. The fraction of sp³-hybridized carbons (Fsp3) is 0.0667. The summed E-state index contributed by atoms with van der Waals surface area (Å²) >= 11 is 11.8. The molecule has 2 aromatic carbocycles. The molecule has 0 aliphatic carbocycles. The molecule has 5 N–H and O–H groups in total. The number of amidine groups is 1. The number of nitrogen functional groups attached to an aromatic ring is 1. The summed E-state index contributed by atoms with van der Waals surface area (Å²) in [5.41, 5.74) is 7.01. The number of carbonyl (C=O) groups is 1. The smallest absolute Gasteiger partial charge is 0.330 e. The van der Waals surface area contributed by atoms with Gasteiger partial charge < -0.3 is 16.2 Å². The van der Waals surface area contributed by atoms with Crippen LogP contribution in [0.3, 0.4) is 0 Å². The maximum Gasteiger partial charge on any atom is 0.330 e. The Balaban J connectivity index is 2.27. The number of benzene rings is 2. The molecule has 22 heavy (non-hydrogen) atoms. The predicted molar refractivity (Wildman–Crippen MR) is 87.9 cm³/mol. The number of nitrogens with one attached hydrogen (secondary N) is 2. The Kier molecular flexibility index (Phi) is 4.90. The second kappa shape index (κ2) is 6.68. The lowest BCUT2D eigenvalue weighted by molar-refractivity contribution is -0.138. The molecule has 0 radical (unpaired) electrons. The lowest BCUT2D eigenvalue weighted by atomic mass is 10.1. The Bertz CT molecular complexity index is 717. The van der Waals surface area contributed by atoms with E-state index in [-0.39, 0.29) is 5.84 Å². The molecule has 0 amide bonds. The van der Waals surface area contributed by atoms with Crippen LogP contribution in [0.1, 0.15) is 17.2 Å². The van der Waals surface area contributed by atoms with Gasteiger partial charge in [-0.3, -0.25) is 5.41 Å². The first kappa shape index (κ1) is 16.1. The zero-order valence-electron chi connectivity index (χ0n) is 11.3. The van der Waals surface area contributed by atoms with Crippen molar-refractivity contribution >= 4 is 40.7 Å². The van der Waals surface area contributed by atoms with Gasteiger partial charge in [0.15, 0.2) is 6.04 Å². The molecule has 0 aromatic heterocycles. The van der Waals surface area contributed by atoms with Crippen molar-refractivity contribution < 1.29 is 9.90 Å². The summed E-state index contributed by atoms with van der Waals surface area (Å²) in [5.74, 6) is -1.10. The van der Waals surface area contributed by atoms with E-state index >= 15 is 0 Å². The molecule has 114 valence electrons. The fourth-order valence-electron chi connectivity index (χ4n) is 1.89. The molecule has 0 aliphatic rings. The van der Waals surface area contributed by atoms with Crippen LogP contribution in [0, 0.1) is 5.41 Å². The minimum Gasteiger partial charge on any atom is -0.479 e. The fourth-order valence-corrected chi connectivity index (χ4v) is 2.20. The van der Waals surface area contributed by atoms with Crippen molar-refractivity contribution in [1.29, 1.82) is 5.41 Å². The number of hydrogen-bond acceptors (Lipinski definition) is 3. The van der Waals surface area contributed by atoms with Crippen LogP contribution < -0.4 is 11.1 Å². The molecule has 7 heteroatoms. The second-order valence-electron chi connectivity index (χ2n) is 4.58. The zero-order valence-corrected chi connectivity index (χ0v) is 12.8. The third-order valence-corrected chi connectivity index (χ3v) is 3.77. The van der Waals surface area contributed by atoms with Crippen LogP contribution in [0.5, 0.6) is 0 Å². The van der Waals surface area contributed by atoms with E-state index in [9.17, 15) is 9.90 Å². The first-order valence-electron chi connectivity index (χ1n) is 6.27. The SMILES string of the molecule is N=C(N)c1ccc(NC(C(=O)O)c2ccc(Cl)c(Cl)c2)cc1. The molecule has 2 rings (SSSR count). The van der Waals surface area contributed by atoms with Crippen LogP contribution >= 0.6 is 23.2 Å². The number of halogens is 2. The molecule has 2 aromatic rings. The third-order valence-electron chi connectivity index (χ3n) is 3.03. The van der Waals surface area contributed by atoms with Crippen LogP contribution in [-0.2, 0) is 4.79 Å². The second-order valence-corrected chi connectivity index (χ2v) is 5.39. The van der Waals surface area contributed by atoms with E-state index in [2.05, 4.69) is 5.32 Å². The lowest BCUT2D eigenvalue weighted by Gasteiger charge is -2.17. The van der Waals surface area contributed by atoms with Gasteiger partial charge in [0.05, 0.1) is 10.0 Å². The molecule has 0 aliphatic heterocycles. The standard InChI is InChI=1S/C15H13Cl2N3O2/c16-11-6-3-9(7-12(11)17)13(15(21)22)20-10-4-1-8(2-5-10)14(18)19/h1-7,13,20H,(H3,18,19)(H,21,22). The minimum absolute atomic E-state index is 0.0502. The molecule has 0 heterocycles. The number of nitrogens with two attached hydrogens (primary N) is 1. The molecule has 0 bridgehead atoms. The number of hydrogen-bond donors (Lipinski definition) is 4. The normalized spacial score (nSPS) is 11.7. The summed E-state index contributed by atoms with van der Waals surface area (Å²) in [5, 5.41) is 20.3. The van der Waals surface area contributed by atoms with Crippen LogP contribution in [-0.4, -0.2) is 16.9 Å². The summed E-state index contributed by atoms with van der Waals surface area (Å²) in [7, 11) is 0. The van der Waals surface area contributed by atoms with E-state index in [1.54, 1.807) is 36.4 Å².